The molecule has 0 radical (unpaired) electrons. The summed E-state index contributed by atoms with van der Waals surface area (Å²) in [6.07, 6.45) is 1.10. The minimum atomic E-state index is -1.42. The molecule has 8 heteroatoms. The second-order valence-electron chi connectivity index (χ2n) is 5.48. The van der Waals surface area contributed by atoms with E-state index in [1.54, 1.807) is 4.90 Å². The van der Waals surface area contributed by atoms with Crippen molar-refractivity contribution in [2.75, 3.05) is 37.9 Å². The van der Waals surface area contributed by atoms with Crippen LogP contribution in [0.1, 0.15) is 10.4 Å². The van der Waals surface area contributed by atoms with Crippen molar-refractivity contribution in [3.63, 3.8) is 0 Å². The number of carboxylic acid groups (broad SMARTS) is 1. The van der Waals surface area contributed by atoms with Crippen LogP contribution in [0.25, 0.3) is 10.9 Å². The number of aromatic carboxylic acids is 1. The predicted octanol–water partition coefficient (Wildman–Crippen LogP) is 1.64. The lowest BCUT2D eigenvalue weighted by molar-refractivity contribution is 0.0694. The number of carbonyl (C=O) groups is 1. The molecule has 0 spiro atoms. The number of benzene rings is 1. The van der Waals surface area contributed by atoms with Gasteiger partial charge in [-0.3, -0.25) is 4.79 Å². The van der Waals surface area contributed by atoms with Crippen molar-refractivity contribution in [2.45, 2.75) is 6.54 Å². The quantitative estimate of drug-likeness (QED) is 0.918. The van der Waals surface area contributed by atoms with Gasteiger partial charge in [0.1, 0.15) is 18.1 Å². The number of aromatic nitrogens is 1. The Morgan fingerprint density at radius 1 is 1.29 bits per heavy atom. The molecule has 0 bridgehead atoms. The standard InChI is InChI=1S/C16H16F2N2O4/c17-1-2-20-9-11(16(22)23)15(21)10-7-12(18)14(8-13(10)20)19-3-5-24-6-4-19/h7-9H,1-6H2,(H,22,23). The van der Waals surface area contributed by atoms with Gasteiger partial charge in [0.2, 0.25) is 5.43 Å². The maximum Gasteiger partial charge on any atom is 0.341 e. The first kappa shape index (κ1) is 16.4. The summed E-state index contributed by atoms with van der Waals surface area (Å²) >= 11 is 0. The summed E-state index contributed by atoms with van der Waals surface area (Å²) in [5, 5.41) is 9.05. The van der Waals surface area contributed by atoms with E-state index < -0.39 is 29.5 Å². The number of hydrogen-bond acceptors (Lipinski definition) is 4. The summed E-state index contributed by atoms with van der Waals surface area (Å²) in [6.45, 7) is 1.08. The van der Waals surface area contributed by atoms with Crippen molar-refractivity contribution >= 4 is 22.6 Å². The van der Waals surface area contributed by atoms with Crippen LogP contribution in [0, 0.1) is 5.82 Å². The Morgan fingerprint density at radius 2 is 2.00 bits per heavy atom. The molecule has 1 aromatic carbocycles. The summed E-state index contributed by atoms with van der Waals surface area (Å²) < 4.78 is 33.9. The number of halogens is 2. The zero-order valence-electron chi connectivity index (χ0n) is 12.8. The van der Waals surface area contributed by atoms with E-state index in [1.165, 1.54) is 10.6 Å². The molecular formula is C16H16F2N2O4. The number of rotatable bonds is 4. The lowest BCUT2D eigenvalue weighted by Gasteiger charge is -2.29. The lowest BCUT2D eigenvalue weighted by atomic mass is 10.1. The molecule has 2 aromatic rings. The predicted molar refractivity (Wildman–Crippen MR) is 84.1 cm³/mol. The molecule has 2 heterocycles. The highest BCUT2D eigenvalue weighted by atomic mass is 19.1. The van der Waals surface area contributed by atoms with Crippen LogP contribution in [0.15, 0.2) is 23.1 Å². The van der Waals surface area contributed by atoms with Crippen LogP contribution in [-0.4, -0.2) is 48.6 Å². The molecule has 6 nitrogen and oxygen atoms in total. The SMILES string of the molecule is O=C(O)c1cn(CCF)c2cc(N3CCOCC3)c(F)cc2c1=O. The summed E-state index contributed by atoms with van der Waals surface area (Å²) in [5.41, 5.74) is -0.680. The number of alkyl halides is 1. The molecule has 0 unspecified atom stereocenters. The van der Waals surface area contributed by atoms with Crippen molar-refractivity contribution in [3.05, 3.63) is 39.9 Å². The average molecular weight is 338 g/mol. The molecule has 1 fully saturated rings. The van der Waals surface area contributed by atoms with Gasteiger partial charge in [-0.2, -0.15) is 0 Å². The highest BCUT2D eigenvalue weighted by molar-refractivity contribution is 5.93. The van der Waals surface area contributed by atoms with E-state index in [4.69, 9.17) is 9.84 Å². The van der Waals surface area contributed by atoms with Gasteiger partial charge in [0.25, 0.3) is 0 Å². The summed E-state index contributed by atoms with van der Waals surface area (Å²) in [4.78, 5) is 25.3. The second-order valence-corrected chi connectivity index (χ2v) is 5.48. The number of hydrogen-bond donors (Lipinski definition) is 1. The third-order valence-electron chi connectivity index (χ3n) is 4.06. The summed E-state index contributed by atoms with van der Waals surface area (Å²) in [7, 11) is 0. The van der Waals surface area contributed by atoms with Gasteiger partial charge in [-0.25, -0.2) is 13.6 Å². The van der Waals surface area contributed by atoms with Gasteiger partial charge in [-0.05, 0) is 12.1 Å². The smallest absolute Gasteiger partial charge is 0.341 e. The van der Waals surface area contributed by atoms with Crippen LogP contribution in [0.4, 0.5) is 14.5 Å². The maximum atomic E-state index is 14.5. The molecule has 1 saturated heterocycles. The lowest BCUT2D eigenvalue weighted by Crippen LogP contribution is -2.36. The van der Waals surface area contributed by atoms with Crippen molar-refractivity contribution in [1.29, 1.82) is 0 Å². The number of fused-ring (bicyclic) bond motifs is 1. The van der Waals surface area contributed by atoms with E-state index in [0.29, 0.717) is 37.5 Å². The van der Waals surface area contributed by atoms with Gasteiger partial charge >= 0.3 is 5.97 Å². The van der Waals surface area contributed by atoms with Gasteiger partial charge < -0.3 is 19.3 Å². The topological polar surface area (TPSA) is 71.8 Å². The van der Waals surface area contributed by atoms with E-state index in [9.17, 15) is 18.4 Å². The first-order chi connectivity index (χ1) is 11.5. The Labute approximate surface area is 135 Å². The fourth-order valence-corrected chi connectivity index (χ4v) is 2.87. The van der Waals surface area contributed by atoms with Crippen molar-refractivity contribution < 1.29 is 23.4 Å². The Morgan fingerprint density at radius 3 is 2.62 bits per heavy atom. The molecule has 1 N–H and O–H groups in total. The normalized spacial score (nSPS) is 15.0. The Balaban J connectivity index is 2.24. The van der Waals surface area contributed by atoms with Crippen molar-refractivity contribution in [1.82, 2.24) is 4.57 Å². The number of aryl methyl sites for hydroxylation is 1. The molecule has 1 aliphatic heterocycles. The molecular weight excluding hydrogens is 322 g/mol. The fraction of sp³-hybridized carbons (Fsp3) is 0.375. The largest absolute Gasteiger partial charge is 0.477 e. The zero-order chi connectivity index (χ0) is 17.3. The van der Waals surface area contributed by atoms with Crippen LogP contribution < -0.4 is 10.3 Å². The number of carboxylic acids is 1. The average Bonchev–Trinajstić information content (AvgIpc) is 2.57. The van der Waals surface area contributed by atoms with Crippen LogP contribution in [0.3, 0.4) is 0 Å². The number of anilines is 1. The fourth-order valence-electron chi connectivity index (χ4n) is 2.87. The zero-order valence-corrected chi connectivity index (χ0v) is 12.8. The first-order valence-electron chi connectivity index (χ1n) is 7.51. The number of pyridine rings is 1. The van der Waals surface area contributed by atoms with Crippen molar-refractivity contribution in [3.8, 4) is 0 Å². The Bertz CT molecular complexity index is 844. The Hall–Kier alpha value is -2.48. The second kappa shape index (κ2) is 6.56. The van der Waals surface area contributed by atoms with Gasteiger partial charge in [-0.1, -0.05) is 0 Å². The minimum absolute atomic E-state index is 0.0714. The highest BCUT2D eigenvalue weighted by Gasteiger charge is 2.20. The molecule has 0 atom stereocenters. The van der Waals surface area contributed by atoms with Crippen LogP contribution >= 0.6 is 0 Å². The molecule has 0 saturated carbocycles. The number of nitrogens with zero attached hydrogens (tertiary/aromatic N) is 2. The van der Waals surface area contributed by atoms with E-state index >= 15 is 0 Å². The van der Waals surface area contributed by atoms with Crippen molar-refractivity contribution in [2.24, 2.45) is 0 Å². The third-order valence-corrected chi connectivity index (χ3v) is 4.06. The van der Waals surface area contributed by atoms with Crippen LogP contribution in [0.5, 0.6) is 0 Å². The van der Waals surface area contributed by atoms with Gasteiger partial charge in [0.05, 0.1) is 31.0 Å². The molecule has 0 amide bonds. The summed E-state index contributed by atoms with van der Waals surface area (Å²) in [6, 6.07) is 2.50. The summed E-state index contributed by atoms with van der Waals surface area (Å²) in [5.74, 6) is -2.04. The van der Waals surface area contributed by atoms with Crippen LogP contribution in [0.2, 0.25) is 0 Å². The highest BCUT2D eigenvalue weighted by Crippen LogP contribution is 2.26. The molecule has 24 heavy (non-hydrogen) atoms. The maximum absolute atomic E-state index is 14.5. The molecule has 0 aliphatic carbocycles. The number of ether oxygens (including phenoxy) is 1. The van der Waals surface area contributed by atoms with E-state index in [-0.39, 0.29) is 11.9 Å². The molecule has 3 rings (SSSR count). The van der Waals surface area contributed by atoms with E-state index in [0.717, 1.165) is 12.3 Å². The van der Waals surface area contributed by atoms with Crippen LogP contribution in [-0.2, 0) is 11.3 Å². The minimum Gasteiger partial charge on any atom is -0.477 e. The van der Waals surface area contributed by atoms with Gasteiger partial charge in [0.15, 0.2) is 0 Å². The molecule has 128 valence electrons. The van der Waals surface area contributed by atoms with Gasteiger partial charge in [0, 0.05) is 24.7 Å². The van der Waals surface area contributed by atoms with E-state index in [1.807, 2.05) is 0 Å². The molecule has 1 aromatic heterocycles. The van der Waals surface area contributed by atoms with Gasteiger partial charge in [-0.15, -0.1) is 0 Å². The first-order valence-corrected chi connectivity index (χ1v) is 7.51. The third kappa shape index (κ3) is 2.84. The molecule has 1 aliphatic rings. The number of morpholine rings is 1. The van der Waals surface area contributed by atoms with E-state index in [2.05, 4.69) is 0 Å². The monoisotopic (exact) mass is 338 g/mol. The Kier molecular flexibility index (Phi) is 4.48.